The number of hydrogen-bond donors (Lipinski definition) is 2. The maximum atomic E-state index is 13.1. The molecule has 0 unspecified atom stereocenters. The van der Waals surface area contributed by atoms with Crippen molar-refractivity contribution >= 4 is 5.97 Å². The van der Waals surface area contributed by atoms with E-state index in [-0.39, 0.29) is 12.0 Å². The summed E-state index contributed by atoms with van der Waals surface area (Å²) in [5.74, 6) is -3.13. The number of carboxylic acid groups (broad SMARTS) is 1. The van der Waals surface area contributed by atoms with Gasteiger partial charge in [0.05, 0.1) is 12.0 Å². The fourth-order valence-corrected chi connectivity index (χ4v) is 1.49. The minimum atomic E-state index is -1.10. The summed E-state index contributed by atoms with van der Waals surface area (Å²) in [7, 11) is 0. The van der Waals surface area contributed by atoms with E-state index in [1.54, 1.807) is 0 Å². The van der Waals surface area contributed by atoms with Gasteiger partial charge >= 0.3 is 5.97 Å². The van der Waals surface area contributed by atoms with E-state index in [4.69, 9.17) is 10.2 Å². The number of benzene rings is 1. The van der Waals surface area contributed by atoms with Crippen LogP contribution in [0, 0.1) is 17.0 Å². The molecule has 0 saturated carbocycles. The molecule has 2 N–H and O–H groups in total. The van der Waals surface area contributed by atoms with Gasteiger partial charge in [0.2, 0.25) is 0 Å². The van der Waals surface area contributed by atoms with Gasteiger partial charge in [-0.05, 0) is 43.5 Å². The normalized spacial score (nSPS) is 11.6. The molecule has 0 heterocycles. The predicted octanol–water partition coefficient (Wildman–Crippen LogP) is 2.11. The van der Waals surface area contributed by atoms with Crippen LogP contribution in [0.5, 0.6) is 0 Å². The van der Waals surface area contributed by atoms with Crippen LogP contribution in [0.2, 0.25) is 0 Å². The number of hydrogen-bond acceptors (Lipinski definition) is 2. The summed E-state index contributed by atoms with van der Waals surface area (Å²) in [4.78, 5) is 10.9. The van der Waals surface area contributed by atoms with Crippen molar-refractivity contribution in [3.05, 3.63) is 34.9 Å². The second kappa shape index (κ2) is 4.79. The first-order valence-corrected chi connectivity index (χ1v) is 5.09. The second-order valence-electron chi connectivity index (χ2n) is 4.56. The van der Waals surface area contributed by atoms with Crippen molar-refractivity contribution in [2.45, 2.75) is 26.9 Å². The highest BCUT2D eigenvalue weighted by Crippen LogP contribution is 2.26. The van der Waals surface area contributed by atoms with Crippen molar-refractivity contribution in [3.8, 4) is 0 Å². The summed E-state index contributed by atoms with van der Waals surface area (Å²) >= 11 is 0. The van der Waals surface area contributed by atoms with E-state index >= 15 is 0 Å². The molecule has 5 heteroatoms. The summed E-state index contributed by atoms with van der Waals surface area (Å²) in [6.45, 7) is 2.51. The summed E-state index contributed by atoms with van der Waals surface area (Å²) in [6.07, 6.45) is 0.0232. The van der Waals surface area contributed by atoms with Crippen molar-refractivity contribution < 1.29 is 23.8 Å². The number of aliphatic carboxylic acids is 1. The maximum Gasteiger partial charge on any atom is 0.309 e. The van der Waals surface area contributed by atoms with E-state index in [1.807, 2.05) is 0 Å². The Bertz CT molecular complexity index is 442. The summed E-state index contributed by atoms with van der Waals surface area (Å²) < 4.78 is 26.0. The lowest BCUT2D eigenvalue weighted by atomic mass is 9.84. The fraction of sp³-hybridized carbons (Fsp3) is 0.417. The maximum absolute atomic E-state index is 13.1. The van der Waals surface area contributed by atoms with Gasteiger partial charge in [-0.15, -0.1) is 0 Å². The Morgan fingerprint density at radius 3 is 2.12 bits per heavy atom. The Balaban J connectivity index is 3.14. The highest BCUT2D eigenvalue weighted by atomic mass is 19.2. The minimum Gasteiger partial charge on any atom is -0.481 e. The molecule has 0 saturated heterocycles. The van der Waals surface area contributed by atoms with E-state index in [0.717, 1.165) is 12.1 Å². The van der Waals surface area contributed by atoms with Crippen molar-refractivity contribution in [1.29, 1.82) is 0 Å². The van der Waals surface area contributed by atoms with Crippen LogP contribution in [0.1, 0.15) is 25.0 Å². The van der Waals surface area contributed by atoms with Gasteiger partial charge in [0.1, 0.15) is 0 Å². The smallest absolute Gasteiger partial charge is 0.309 e. The van der Waals surface area contributed by atoms with E-state index < -0.39 is 29.6 Å². The average Bonchev–Trinajstić information content (AvgIpc) is 2.22. The second-order valence-corrected chi connectivity index (χ2v) is 4.56. The number of carboxylic acids is 1. The van der Waals surface area contributed by atoms with E-state index in [1.165, 1.54) is 13.8 Å². The largest absolute Gasteiger partial charge is 0.481 e. The molecule has 0 fully saturated rings. The third-order valence-electron chi connectivity index (χ3n) is 2.62. The molecule has 1 aromatic rings. The molecule has 0 atom stereocenters. The van der Waals surface area contributed by atoms with E-state index in [2.05, 4.69) is 0 Å². The number of carbonyl (C=O) groups is 1. The van der Waals surface area contributed by atoms with Gasteiger partial charge in [0.15, 0.2) is 11.6 Å². The molecule has 0 aliphatic heterocycles. The Kier molecular flexibility index (Phi) is 3.83. The summed E-state index contributed by atoms with van der Waals surface area (Å²) in [5, 5.41) is 18.0. The predicted molar refractivity (Wildman–Crippen MR) is 57.4 cm³/mol. The summed E-state index contributed by atoms with van der Waals surface area (Å²) in [6, 6.07) is 1.83. The highest BCUT2D eigenvalue weighted by Gasteiger charge is 2.28. The van der Waals surface area contributed by atoms with E-state index in [9.17, 15) is 13.6 Å². The highest BCUT2D eigenvalue weighted by molar-refractivity contribution is 5.74. The average molecular weight is 244 g/mol. The van der Waals surface area contributed by atoms with Crippen LogP contribution in [-0.4, -0.2) is 16.2 Å². The molecular weight excluding hydrogens is 230 g/mol. The van der Waals surface area contributed by atoms with Gasteiger partial charge in [-0.2, -0.15) is 0 Å². The standard InChI is InChI=1S/C12H14F2O3/c1-12(2,11(16)17)5-7-3-9(13)10(14)4-8(7)6-15/h3-4,15H,5-6H2,1-2H3,(H,16,17). The molecule has 0 amide bonds. The molecule has 0 spiro atoms. The topological polar surface area (TPSA) is 57.5 Å². The van der Waals surface area contributed by atoms with Crippen LogP contribution in [0.3, 0.4) is 0 Å². The zero-order valence-electron chi connectivity index (χ0n) is 9.63. The van der Waals surface area contributed by atoms with Crippen molar-refractivity contribution in [1.82, 2.24) is 0 Å². The molecule has 0 aromatic heterocycles. The molecule has 1 aromatic carbocycles. The lowest BCUT2D eigenvalue weighted by Crippen LogP contribution is -2.26. The molecule has 0 bridgehead atoms. The van der Waals surface area contributed by atoms with Crippen LogP contribution in [0.25, 0.3) is 0 Å². The van der Waals surface area contributed by atoms with Gasteiger partial charge in [0.25, 0.3) is 0 Å². The fourth-order valence-electron chi connectivity index (χ4n) is 1.49. The van der Waals surface area contributed by atoms with E-state index in [0.29, 0.717) is 5.56 Å². The Labute approximate surface area is 97.7 Å². The number of aliphatic hydroxyl groups excluding tert-OH is 1. The first-order chi connectivity index (χ1) is 7.77. The quantitative estimate of drug-likeness (QED) is 0.852. The molecule has 1 rings (SSSR count). The molecule has 0 aliphatic carbocycles. The van der Waals surface area contributed by atoms with Gasteiger partial charge in [-0.3, -0.25) is 4.79 Å². The van der Waals surface area contributed by atoms with Crippen LogP contribution < -0.4 is 0 Å². The van der Waals surface area contributed by atoms with Crippen molar-refractivity contribution in [3.63, 3.8) is 0 Å². The zero-order valence-corrected chi connectivity index (χ0v) is 9.63. The number of halogens is 2. The Morgan fingerprint density at radius 2 is 1.71 bits per heavy atom. The molecule has 94 valence electrons. The monoisotopic (exact) mass is 244 g/mol. The lowest BCUT2D eigenvalue weighted by molar-refractivity contribution is -0.146. The first kappa shape index (κ1) is 13.6. The van der Waals surface area contributed by atoms with Crippen LogP contribution in [-0.2, 0) is 17.8 Å². The summed E-state index contributed by atoms with van der Waals surface area (Å²) in [5.41, 5.74) is -0.592. The van der Waals surface area contributed by atoms with Gasteiger partial charge < -0.3 is 10.2 Å². The lowest BCUT2D eigenvalue weighted by Gasteiger charge is -2.20. The van der Waals surface area contributed by atoms with Gasteiger partial charge in [0, 0.05) is 0 Å². The first-order valence-electron chi connectivity index (χ1n) is 5.09. The molecule has 3 nitrogen and oxygen atoms in total. The molecule has 0 radical (unpaired) electrons. The third kappa shape index (κ3) is 3.00. The van der Waals surface area contributed by atoms with Crippen LogP contribution in [0.4, 0.5) is 8.78 Å². The Morgan fingerprint density at radius 1 is 1.24 bits per heavy atom. The third-order valence-corrected chi connectivity index (χ3v) is 2.62. The Hall–Kier alpha value is -1.49. The minimum absolute atomic E-state index is 0.0232. The molecule has 0 aliphatic rings. The van der Waals surface area contributed by atoms with Crippen molar-refractivity contribution in [2.75, 3.05) is 0 Å². The molecule has 17 heavy (non-hydrogen) atoms. The molecular formula is C12H14F2O3. The zero-order chi connectivity index (χ0) is 13.2. The van der Waals surface area contributed by atoms with Gasteiger partial charge in [-0.1, -0.05) is 0 Å². The number of aliphatic hydroxyl groups is 1. The number of rotatable bonds is 4. The van der Waals surface area contributed by atoms with Crippen molar-refractivity contribution in [2.24, 2.45) is 5.41 Å². The van der Waals surface area contributed by atoms with Crippen LogP contribution in [0.15, 0.2) is 12.1 Å². The van der Waals surface area contributed by atoms with Crippen LogP contribution >= 0.6 is 0 Å². The van der Waals surface area contributed by atoms with Gasteiger partial charge in [-0.25, -0.2) is 8.78 Å². The SMILES string of the molecule is CC(C)(Cc1cc(F)c(F)cc1CO)C(=O)O.